The number of pyridine rings is 1. The van der Waals surface area contributed by atoms with Crippen molar-refractivity contribution in [1.29, 1.82) is 0 Å². The first-order valence-electron chi connectivity index (χ1n) is 8.70. The van der Waals surface area contributed by atoms with Gasteiger partial charge in [0.2, 0.25) is 5.91 Å². The zero-order valence-corrected chi connectivity index (χ0v) is 15.8. The summed E-state index contributed by atoms with van der Waals surface area (Å²) in [4.78, 5) is 29.3. The normalized spacial score (nSPS) is 11.0. The molecular formula is C18H20ClFN6O. The Kier molecular flexibility index (Phi) is 5.85. The minimum absolute atomic E-state index is 0.0135. The molecule has 1 amide bonds. The van der Waals surface area contributed by atoms with Crippen LogP contribution < -0.4 is 5.32 Å². The van der Waals surface area contributed by atoms with Crippen LogP contribution in [0.5, 0.6) is 0 Å². The van der Waals surface area contributed by atoms with E-state index in [9.17, 15) is 9.18 Å². The molecule has 0 unspecified atom stereocenters. The molecule has 3 heterocycles. The maximum atomic E-state index is 14.1. The van der Waals surface area contributed by atoms with Gasteiger partial charge in [0.25, 0.3) is 0 Å². The standard InChI is InChI=1S/C18H20ClFN6O/c1-3-26(4-2)15(27)5-6-21-18-14(20)10-24-17(25-18)13-9-23-16-12(13)7-11(19)8-22-16/h7-10H,3-6H2,1-2H3,(H,22,23)(H,21,24,25). The van der Waals surface area contributed by atoms with Crippen LogP contribution in [0, 0.1) is 5.82 Å². The first-order chi connectivity index (χ1) is 13.0. The first-order valence-corrected chi connectivity index (χ1v) is 9.08. The molecule has 0 aliphatic rings. The number of nitrogens with one attached hydrogen (secondary N) is 2. The van der Waals surface area contributed by atoms with Gasteiger partial charge in [-0.2, -0.15) is 0 Å². The summed E-state index contributed by atoms with van der Waals surface area (Å²) in [5.74, 6) is -0.175. The van der Waals surface area contributed by atoms with Crippen LogP contribution in [-0.4, -0.2) is 50.4 Å². The Hall–Kier alpha value is -2.74. The lowest BCUT2D eigenvalue weighted by atomic mass is 10.2. The molecule has 0 spiro atoms. The highest BCUT2D eigenvalue weighted by Crippen LogP contribution is 2.28. The van der Waals surface area contributed by atoms with Crippen molar-refractivity contribution in [2.75, 3.05) is 25.0 Å². The third kappa shape index (κ3) is 4.16. The summed E-state index contributed by atoms with van der Waals surface area (Å²) in [5.41, 5.74) is 1.31. The van der Waals surface area contributed by atoms with Gasteiger partial charge in [-0.05, 0) is 19.9 Å². The molecule has 0 aromatic carbocycles. The third-order valence-corrected chi connectivity index (χ3v) is 4.44. The van der Waals surface area contributed by atoms with Crippen molar-refractivity contribution in [2.24, 2.45) is 0 Å². The number of amides is 1. The zero-order chi connectivity index (χ0) is 19.4. The van der Waals surface area contributed by atoms with E-state index in [1.54, 1.807) is 17.2 Å². The maximum absolute atomic E-state index is 14.1. The largest absolute Gasteiger partial charge is 0.367 e. The van der Waals surface area contributed by atoms with Crippen LogP contribution in [0.2, 0.25) is 5.02 Å². The molecule has 3 rings (SSSR count). The predicted molar refractivity (Wildman–Crippen MR) is 103 cm³/mol. The van der Waals surface area contributed by atoms with Gasteiger partial charge in [0.1, 0.15) is 5.65 Å². The van der Waals surface area contributed by atoms with Crippen molar-refractivity contribution in [1.82, 2.24) is 24.8 Å². The SMILES string of the molecule is CCN(CC)C(=O)CCNc1nc(-c2c[nH]c3ncc(Cl)cc23)ncc1F. The number of nitrogens with zero attached hydrogens (tertiary/aromatic N) is 4. The molecule has 142 valence electrons. The van der Waals surface area contributed by atoms with Gasteiger partial charge in [0.15, 0.2) is 17.5 Å². The van der Waals surface area contributed by atoms with E-state index in [-0.39, 0.29) is 24.7 Å². The predicted octanol–water partition coefficient (Wildman–Crippen LogP) is 3.48. The Bertz CT molecular complexity index is 956. The summed E-state index contributed by atoms with van der Waals surface area (Å²) in [6.07, 6.45) is 4.60. The number of carbonyl (C=O) groups is 1. The molecule has 27 heavy (non-hydrogen) atoms. The zero-order valence-electron chi connectivity index (χ0n) is 15.1. The van der Waals surface area contributed by atoms with Crippen molar-refractivity contribution in [2.45, 2.75) is 20.3 Å². The third-order valence-electron chi connectivity index (χ3n) is 4.23. The van der Waals surface area contributed by atoms with Gasteiger partial charge < -0.3 is 15.2 Å². The molecule has 3 aromatic rings. The number of anilines is 1. The molecular weight excluding hydrogens is 371 g/mol. The van der Waals surface area contributed by atoms with Crippen molar-refractivity contribution in [3.05, 3.63) is 35.5 Å². The molecule has 0 saturated carbocycles. The molecule has 9 heteroatoms. The summed E-state index contributed by atoms with van der Waals surface area (Å²) in [6, 6.07) is 1.75. The summed E-state index contributed by atoms with van der Waals surface area (Å²) in [5, 5.41) is 4.12. The van der Waals surface area contributed by atoms with Crippen molar-refractivity contribution < 1.29 is 9.18 Å². The lowest BCUT2D eigenvalue weighted by Gasteiger charge is -2.18. The molecule has 0 aliphatic carbocycles. The Morgan fingerprint density at radius 2 is 2.07 bits per heavy atom. The topological polar surface area (TPSA) is 86.8 Å². The van der Waals surface area contributed by atoms with Crippen molar-refractivity contribution >= 4 is 34.4 Å². The highest BCUT2D eigenvalue weighted by Gasteiger charge is 2.14. The highest BCUT2D eigenvalue weighted by atomic mass is 35.5. The average molecular weight is 391 g/mol. The Morgan fingerprint density at radius 3 is 2.81 bits per heavy atom. The van der Waals surface area contributed by atoms with Gasteiger partial charge in [-0.15, -0.1) is 0 Å². The van der Waals surface area contributed by atoms with E-state index in [4.69, 9.17) is 11.6 Å². The van der Waals surface area contributed by atoms with E-state index in [0.717, 1.165) is 11.6 Å². The van der Waals surface area contributed by atoms with Gasteiger partial charge in [-0.3, -0.25) is 4.79 Å². The summed E-state index contributed by atoms with van der Waals surface area (Å²) >= 11 is 6.01. The van der Waals surface area contributed by atoms with Gasteiger partial charge in [0.05, 0.1) is 11.2 Å². The number of aromatic nitrogens is 4. The fourth-order valence-electron chi connectivity index (χ4n) is 2.81. The quantitative estimate of drug-likeness (QED) is 0.645. The maximum Gasteiger partial charge on any atom is 0.224 e. The lowest BCUT2D eigenvalue weighted by molar-refractivity contribution is -0.130. The number of H-pyrrole nitrogens is 1. The fraction of sp³-hybridized carbons (Fsp3) is 0.333. The molecule has 0 radical (unpaired) electrons. The number of fused-ring (bicyclic) bond motifs is 1. The molecule has 3 aromatic heterocycles. The van der Waals surface area contributed by atoms with E-state index in [2.05, 4.69) is 25.3 Å². The van der Waals surface area contributed by atoms with Gasteiger partial charge >= 0.3 is 0 Å². The smallest absolute Gasteiger partial charge is 0.224 e. The number of halogens is 2. The molecule has 0 aliphatic heterocycles. The number of rotatable bonds is 7. The molecule has 7 nitrogen and oxygen atoms in total. The minimum Gasteiger partial charge on any atom is -0.367 e. The van der Waals surface area contributed by atoms with E-state index in [0.29, 0.717) is 35.1 Å². The number of aromatic amines is 1. The second kappa shape index (κ2) is 8.30. The Labute approximate surface area is 161 Å². The minimum atomic E-state index is -0.579. The summed E-state index contributed by atoms with van der Waals surface area (Å²) in [6.45, 7) is 5.43. The second-order valence-corrected chi connectivity index (χ2v) is 6.32. The van der Waals surface area contributed by atoms with Crippen LogP contribution in [-0.2, 0) is 4.79 Å². The lowest BCUT2D eigenvalue weighted by Crippen LogP contribution is -2.31. The van der Waals surface area contributed by atoms with Gasteiger partial charge in [0, 0.05) is 49.4 Å². The Morgan fingerprint density at radius 1 is 1.30 bits per heavy atom. The van der Waals surface area contributed by atoms with Crippen LogP contribution in [0.25, 0.3) is 22.4 Å². The van der Waals surface area contributed by atoms with E-state index >= 15 is 0 Å². The van der Waals surface area contributed by atoms with Gasteiger partial charge in [-0.25, -0.2) is 19.3 Å². The fourth-order valence-corrected chi connectivity index (χ4v) is 2.96. The highest BCUT2D eigenvalue weighted by molar-refractivity contribution is 6.31. The van der Waals surface area contributed by atoms with E-state index < -0.39 is 5.82 Å². The average Bonchev–Trinajstić information content (AvgIpc) is 3.07. The van der Waals surface area contributed by atoms with Crippen LogP contribution in [0.1, 0.15) is 20.3 Å². The van der Waals surface area contributed by atoms with Crippen LogP contribution in [0.4, 0.5) is 10.2 Å². The molecule has 0 bridgehead atoms. The number of hydrogen-bond donors (Lipinski definition) is 2. The second-order valence-electron chi connectivity index (χ2n) is 5.89. The van der Waals surface area contributed by atoms with Crippen molar-refractivity contribution in [3.63, 3.8) is 0 Å². The summed E-state index contributed by atoms with van der Waals surface area (Å²) < 4.78 is 14.1. The monoisotopic (exact) mass is 390 g/mol. The molecule has 0 fully saturated rings. The Balaban J connectivity index is 1.78. The van der Waals surface area contributed by atoms with Crippen LogP contribution in [0.15, 0.2) is 24.7 Å². The number of hydrogen-bond acceptors (Lipinski definition) is 5. The molecule has 2 N–H and O–H groups in total. The molecule has 0 saturated heterocycles. The van der Waals surface area contributed by atoms with Crippen molar-refractivity contribution in [3.8, 4) is 11.4 Å². The van der Waals surface area contributed by atoms with Crippen LogP contribution in [0.3, 0.4) is 0 Å². The number of carbonyl (C=O) groups excluding carboxylic acids is 1. The van der Waals surface area contributed by atoms with Gasteiger partial charge in [-0.1, -0.05) is 11.6 Å². The molecule has 0 atom stereocenters. The summed E-state index contributed by atoms with van der Waals surface area (Å²) in [7, 11) is 0. The van der Waals surface area contributed by atoms with E-state index in [1.807, 2.05) is 13.8 Å². The van der Waals surface area contributed by atoms with E-state index in [1.165, 1.54) is 6.20 Å². The van der Waals surface area contributed by atoms with Crippen LogP contribution >= 0.6 is 11.6 Å². The first kappa shape index (κ1) is 19.0.